The van der Waals surface area contributed by atoms with E-state index < -0.39 is 5.43 Å². The van der Waals surface area contributed by atoms with Gasteiger partial charge in [-0.3, -0.25) is 9.59 Å². The van der Waals surface area contributed by atoms with Gasteiger partial charge in [-0.25, -0.2) is 0 Å². The van der Waals surface area contributed by atoms with E-state index >= 15 is 0 Å². The Bertz CT molecular complexity index is 1250. The number of Topliss-reactive ketones (excluding diaryl/α,β-unsaturated/α-hetero) is 1. The summed E-state index contributed by atoms with van der Waals surface area (Å²) in [5, 5.41) is 0.714. The Kier molecular flexibility index (Phi) is 4.99. The fraction of sp³-hybridized carbons (Fsp3) is 0.130. The molecule has 2 heterocycles. The highest BCUT2D eigenvalue weighted by Gasteiger charge is 2.21. The van der Waals surface area contributed by atoms with Crippen LogP contribution >= 0.6 is 11.6 Å². The van der Waals surface area contributed by atoms with Crippen LogP contribution < -0.4 is 10.2 Å². The van der Waals surface area contributed by atoms with Crippen molar-refractivity contribution in [3.8, 4) is 17.3 Å². The highest BCUT2D eigenvalue weighted by atomic mass is 35.5. The number of fused-ring (bicyclic) bond motifs is 1. The van der Waals surface area contributed by atoms with Crippen molar-refractivity contribution in [1.82, 2.24) is 0 Å². The number of ketones is 1. The van der Waals surface area contributed by atoms with E-state index in [-0.39, 0.29) is 29.3 Å². The SMILES string of the molecule is Cc1ccc(C(=O)COc2c(-c3ccco3)oc3cc(C)c(Cl)cc3c2=O)cc1. The Balaban J connectivity index is 1.77. The molecule has 146 valence electrons. The zero-order valence-electron chi connectivity index (χ0n) is 15.8. The van der Waals surface area contributed by atoms with E-state index in [1.807, 2.05) is 26.0 Å². The molecular formula is C23H17ClO5. The summed E-state index contributed by atoms with van der Waals surface area (Å²) in [5.74, 6) is 0.116. The van der Waals surface area contributed by atoms with E-state index in [2.05, 4.69) is 0 Å². The molecule has 2 aromatic heterocycles. The summed E-state index contributed by atoms with van der Waals surface area (Å²) in [5.41, 5.74) is 2.26. The predicted molar refractivity (Wildman–Crippen MR) is 111 cm³/mol. The molecule has 0 aliphatic rings. The smallest absolute Gasteiger partial charge is 0.235 e. The quantitative estimate of drug-likeness (QED) is 0.403. The van der Waals surface area contributed by atoms with E-state index in [0.717, 1.165) is 11.1 Å². The van der Waals surface area contributed by atoms with Crippen LogP contribution in [0.2, 0.25) is 5.02 Å². The summed E-state index contributed by atoms with van der Waals surface area (Å²) < 4.78 is 17.0. The van der Waals surface area contributed by atoms with E-state index in [4.69, 9.17) is 25.2 Å². The van der Waals surface area contributed by atoms with Gasteiger partial charge in [0.15, 0.2) is 18.2 Å². The second kappa shape index (κ2) is 7.60. The van der Waals surface area contributed by atoms with Crippen molar-refractivity contribution in [2.24, 2.45) is 0 Å². The van der Waals surface area contributed by atoms with Crippen molar-refractivity contribution in [2.75, 3.05) is 6.61 Å². The fourth-order valence-corrected chi connectivity index (χ4v) is 3.12. The number of hydrogen-bond acceptors (Lipinski definition) is 5. The number of carbonyl (C=O) groups is 1. The lowest BCUT2D eigenvalue weighted by molar-refractivity contribution is 0.0920. The third-order valence-corrected chi connectivity index (χ3v) is 5.00. The van der Waals surface area contributed by atoms with Crippen molar-refractivity contribution < 1.29 is 18.4 Å². The molecule has 0 unspecified atom stereocenters. The van der Waals surface area contributed by atoms with Crippen LogP contribution in [0.4, 0.5) is 0 Å². The number of rotatable bonds is 5. The van der Waals surface area contributed by atoms with E-state index in [1.54, 1.807) is 36.4 Å². The number of benzene rings is 2. The molecule has 0 N–H and O–H groups in total. The van der Waals surface area contributed by atoms with Gasteiger partial charge in [0.25, 0.3) is 0 Å². The van der Waals surface area contributed by atoms with Crippen LogP contribution in [0.15, 0.2) is 68.4 Å². The molecule has 0 bridgehead atoms. The summed E-state index contributed by atoms with van der Waals surface area (Å²) >= 11 is 6.18. The largest absolute Gasteiger partial charge is 0.478 e. The summed E-state index contributed by atoms with van der Waals surface area (Å²) in [6.45, 7) is 3.44. The first kappa shape index (κ1) is 19.0. The topological polar surface area (TPSA) is 69.7 Å². The summed E-state index contributed by atoms with van der Waals surface area (Å²) in [6.07, 6.45) is 1.47. The molecule has 0 fully saturated rings. The average molecular weight is 409 g/mol. The number of furan rings is 1. The number of ether oxygens (including phenoxy) is 1. The number of halogens is 1. The minimum Gasteiger partial charge on any atom is -0.478 e. The summed E-state index contributed by atoms with van der Waals surface area (Å²) in [7, 11) is 0. The monoisotopic (exact) mass is 408 g/mol. The Labute approximate surface area is 171 Å². The maximum absolute atomic E-state index is 13.1. The molecule has 0 aliphatic heterocycles. The van der Waals surface area contributed by atoms with Crippen LogP contribution in [0.1, 0.15) is 21.5 Å². The first-order valence-electron chi connectivity index (χ1n) is 8.97. The number of hydrogen-bond donors (Lipinski definition) is 0. The van der Waals surface area contributed by atoms with Crippen LogP contribution in [0.25, 0.3) is 22.5 Å². The fourth-order valence-electron chi connectivity index (χ4n) is 2.96. The van der Waals surface area contributed by atoms with Gasteiger partial charge in [0.2, 0.25) is 16.9 Å². The van der Waals surface area contributed by atoms with Gasteiger partial charge in [0, 0.05) is 10.6 Å². The van der Waals surface area contributed by atoms with Gasteiger partial charge in [-0.2, -0.15) is 0 Å². The molecular weight excluding hydrogens is 392 g/mol. The minimum absolute atomic E-state index is 0.0900. The molecule has 6 heteroatoms. The zero-order chi connectivity index (χ0) is 20.5. The Hall–Kier alpha value is -3.31. The van der Waals surface area contributed by atoms with Crippen LogP contribution in [0, 0.1) is 13.8 Å². The normalized spacial score (nSPS) is 11.0. The van der Waals surface area contributed by atoms with Crippen LogP contribution in [0.5, 0.6) is 5.75 Å². The molecule has 4 rings (SSSR count). The molecule has 4 aromatic rings. The molecule has 0 amide bonds. The van der Waals surface area contributed by atoms with Gasteiger partial charge in [-0.1, -0.05) is 41.4 Å². The van der Waals surface area contributed by atoms with Crippen LogP contribution in [-0.4, -0.2) is 12.4 Å². The second-order valence-corrected chi connectivity index (χ2v) is 7.15. The predicted octanol–water partition coefficient (Wildman–Crippen LogP) is 5.58. The lowest BCUT2D eigenvalue weighted by Crippen LogP contribution is -2.17. The molecule has 29 heavy (non-hydrogen) atoms. The Morgan fingerprint density at radius 3 is 2.55 bits per heavy atom. The first-order valence-corrected chi connectivity index (χ1v) is 9.35. The third kappa shape index (κ3) is 3.69. The van der Waals surface area contributed by atoms with E-state index in [1.165, 1.54) is 6.26 Å². The van der Waals surface area contributed by atoms with Crippen molar-refractivity contribution >= 4 is 28.4 Å². The third-order valence-electron chi connectivity index (χ3n) is 4.60. The standard InChI is InChI=1S/C23H17ClO5/c1-13-5-7-15(8-6-13)18(25)12-28-23-21(26)16-11-17(24)14(2)10-20(16)29-22(23)19-4-3-9-27-19/h3-11H,12H2,1-2H3. The average Bonchev–Trinajstić information content (AvgIpc) is 3.24. The van der Waals surface area contributed by atoms with Gasteiger partial charge in [-0.15, -0.1) is 0 Å². The molecule has 0 saturated heterocycles. The maximum atomic E-state index is 13.1. The lowest BCUT2D eigenvalue weighted by Gasteiger charge is -2.11. The zero-order valence-corrected chi connectivity index (χ0v) is 16.6. The Morgan fingerprint density at radius 1 is 1.10 bits per heavy atom. The molecule has 2 aromatic carbocycles. The maximum Gasteiger partial charge on any atom is 0.235 e. The molecule has 0 atom stereocenters. The van der Waals surface area contributed by atoms with Crippen LogP contribution in [-0.2, 0) is 0 Å². The Morgan fingerprint density at radius 2 is 1.86 bits per heavy atom. The minimum atomic E-state index is -0.420. The van der Waals surface area contributed by atoms with Gasteiger partial charge >= 0.3 is 0 Å². The molecule has 0 aliphatic carbocycles. The highest BCUT2D eigenvalue weighted by molar-refractivity contribution is 6.32. The highest BCUT2D eigenvalue weighted by Crippen LogP contribution is 2.33. The van der Waals surface area contributed by atoms with Gasteiger partial charge in [-0.05, 0) is 43.7 Å². The molecule has 0 saturated carbocycles. The van der Waals surface area contributed by atoms with Gasteiger partial charge in [0.1, 0.15) is 5.58 Å². The van der Waals surface area contributed by atoms with Gasteiger partial charge in [0.05, 0.1) is 11.6 Å². The molecule has 5 nitrogen and oxygen atoms in total. The second-order valence-electron chi connectivity index (χ2n) is 6.74. The van der Waals surface area contributed by atoms with Crippen molar-refractivity contribution in [3.05, 3.63) is 86.7 Å². The van der Waals surface area contributed by atoms with E-state index in [0.29, 0.717) is 21.9 Å². The number of aryl methyl sites for hydroxylation is 2. The van der Waals surface area contributed by atoms with Crippen molar-refractivity contribution in [2.45, 2.75) is 13.8 Å². The van der Waals surface area contributed by atoms with Crippen LogP contribution in [0.3, 0.4) is 0 Å². The summed E-state index contributed by atoms with van der Waals surface area (Å²) in [6, 6.07) is 13.7. The van der Waals surface area contributed by atoms with Crippen molar-refractivity contribution in [3.63, 3.8) is 0 Å². The molecule has 0 spiro atoms. The van der Waals surface area contributed by atoms with Crippen molar-refractivity contribution in [1.29, 1.82) is 0 Å². The van der Waals surface area contributed by atoms with Gasteiger partial charge < -0.3 is 13.6 Å². The summed E-state index contributed by atoms with van der Waals surface area (Å²) in [4.78, 5) is 25.6. The molecule has 0 radical (unpaired) electrons. The van der Waals surface area contributed by atoms with E-state index in [9.17, 15) is 9.59 Å². The number of carbonyl (C=O) groups excluding carboxylic acids is 1. The lowest BCUT2D eigenvalue weighted by atomic mass is 10.1. The first-order chi connectivity index (χ1) is 13.9.